The lowest BCUT2D eigenvalue weighted by atomic mass is 9.85. The summed E-state index contributed by atoms with van der Waals surface area (Å²) in [5.74, 6) is -6.93. The van der Waals surface area contributed by atoms with Crippen LogP contribution in [0.15, 0.2) is 24.3 Å². The fraction of sp³-hybridized carbons (Fsp3) is 0.545. The Labute approximate surface area is 302 Å². The third-order valence-electron chi connectivity index (χ3n) is 9.81. The van der Waals surface area contributed by atoms with Crippen LogP contribution in [0.3, 0.4) is 0 Å². The summed E-state index contributed by atoms with van der Waals surface area (Å²) in [5.41, 5.74) is 1.49. The minimum atomic E-state index is -4.74. The van der Waals surface area contributed by atoms with E-state index in [1.165, 1.54) is 18.2 Å². The number of hydrogen-bond donors (Lipinski definition) is 3. The van der Waals surface area contributed by atoms with Crippen LogP contribution in [0.1, 0.15) is 61.4 Å². The summed E-state index contributed by atoms with van der Waals surface area (Å²) in [6, 6.07) is 5.37. The summed E-state index contributed by atoms with van der Waals surface area (Å²) in [4.78, 5) is 32.0. The number of anilines is 3. The minimum absolute atomic E-state index is 0.00803. The van der Waals surface area contributed by atoms with Gasteiger partial charge in [-0.05, 0) is 69.2 Å². The number of piperidine rings is 1. The van der Waals surface area contributed by atoms with Gasteiger partial charge in [0, 0.05) is 32.7 Å². The molecule has 1 aliphatic carbocycles. The largest absolute Gasteiger partial charge is 0.400 e. The number of nitrogens with one attached hydrogen (secondary N) is 3. The maximum absolute atomic E-state index is 13.7. The summed E-state index contributed by atoms with van der Waals surface area (Å²) >= 11 is 13.0. The molecule has 2 amide bonds. The lowest BCUT2D eigenvalue weighted by molar-refractivity contribution is -0.182. The van der Waals surface area contributed by atoms with Gasteiger partial charge in [0.1, 0.15) is 5.92 Å². The highest BCUT2D eigenvalue weighted by Gasteiger charge is 2.43. The van der Waals surface area contributed by atoms with Gasteiger partial charge in [-0.1, -0.05) is 29.3 Å². The highest BCUT2D eigenvalue weighted by Crippen LogP contribution is 2.41. The molecule has 19 heteroatoms. The van der Waals surface area contributed by atoms with Gasteiger partial charge in [-0.3, -0.25) is 9.59 Å². The van der Waals surface area contributed by atoms with Gasteiger partial charge in [0.2, 0.25) is 11.9 Å². The van der Waals surface area contributed by atoms with Gasteiger partial charge >= 0.3 is 18.5 Å². The molecule has 0 radical (unpaired) electrons. The Balaban J connectivity index is 1.43. The summed E-state index contributed by atoms with van der Waals surface area (Å²) < 4.78 is 121. The molecule has 52 heavy (non-hydrogen) atoms. The van der Waals surface area contributed by atoms with E-state index in [1.807, 2.05) is 0 Å². The number of hydrogen-bond acceptors (Lipinski definition) is 5. The predicted molar refractivity (Wildman–Crippen MR) is 178 cm³/mol. The van der Waals surface area contributed by atoms with Crippen molar-refractivity contribution in [1.82, 2.24) is 20.2 Å². The Bertz CT molecular complexity index is 1800. The molecule has 8 nitrogen and oxygen atoms in total. The van der Waals surface area contributed by atoms with E-state index >= 15 is 0 Å². The van der Waals surface area contributed by atoms with Crippen LogP contribution < -0.4 is 20.9 Å². The number of imidazole rings is 1. The Kier molecular flexibility index (Phi) is 11.4. The minimum Gasteiger partial charge on any atom is -0.371 e. The molecule has 2 aliphatic rings. The molecule has 1 aromatic heterocycles. The first-order chi connectivity index (χ1) is 24.1. The van der Waals surface area contributed by atoms with Crippen molar-refractivity contribution < 1.29 is 49.1 Å². The van der Waals surface area contributed by atoms with Crippen molar-refractivity contribution in [2.75, 3.05) is 23.3 Å². The Morgan fingerprint density at radius 1 is 0.904 bits per heavy atom. The normalized spacial score (nSPS) is 19.8. The molecular weight excluding hydrogens is 754 g/mol. The van der Waals surface area contributed by atoms with E-state index < -0.39 is 54.1 Å². The SMILES string of the molecule is CC(C(=O)NCc1ccc(Cl)c(Nc2nc3cc(C(=O)NC4CCC(C(F)(F)F)CC4)c(N4CCC(C(F)(F)F)CC4)cc3n2C)c1Cl)C(F)(F)F. The van der Waals surface area contributed by atoms with E-state index in [2.05, 4.69) is 20.9 Å². The zero-order valence-corrected chi connectivity index (χ0v) is 29.3. The van der Waals surface area contributed by atoms with Gasteiger partial charge in [-0.25, -0.2) is 4.98 Å². The van der Waals surface area contributed by atoms with Crippen LogP contribution in [0.25, 0.3) is 11.0 Å². The standard InChI is InChI=1S/C33H35Cl2F9N6O2/c1-16(31(36,37)38)28(51)45-15-17-3-8-22(34)27(26(17)35)48-30-47-23-13-21(29(52)46-20-6-4-18(5-7-20)32(39,40)41)24(14-25(23)49(30)2)50-11-9-19(10-12-50)33(42,43)44/h3,8,13-14,16,18-20H,4-7,9-12,15H2,1-2H3,(H,45,51)(H,46,52)(H,47,48). The summed E-state index contributed by atoms with van der Waals surface area (Å²) in [5, 5.41) is 8.08. The first kappa shape index (κ1) is 39.6. The van der Waals surface area contributed by atoms with Crippen molar-refractivity contribution in [2.24, 2.45) is 24.8 Å². The van der Waals surface area contributed by atoms with Crippen LogP contribution in [-0.2, 0) is 18.4 Å². The number of halogens is 11. The molecule has 1 saturated heterocycles. The van der Waals surface area contributed by atoms with Gasteiger partial charge in [0.05, 0.1) is 49.9 Å². The molecule has 2 heterocycles. The van der Waals surface area contributed by atoms with Crippen LogP contribution in [0.2, 0.25) is 10.0 Å². The first-order valence-corrected chi connectivity index (χ1v) is 17.2. The van der Waals surface area contributed by atoms with E-state index in [4.69, 9.17) is 23.2 Å². The summed E-state index contributed by atoms with van der Waals surface area (Å²) in [7, 11) is 1.61. The van der Waals surface area contributed by atoms with Crippen LogP contribution in [0, 0.1) is 17.8 Å². The molecule has 3 aromatic rings. The molecule has 1 aliphatic heterocycles. The fourth-order valence-corrected chi connectivity index (χ4v) is 7.03. The van der Waals surface area contributed by atoms with Gasteiger partial charge in [-0.2, -0.15) is 39.5 Å². The lowest BCUT2D eigenvalue weighted by Crippen LogP contribution is -2.42. The second kappa shape index (κ2) is 15.0. The monoisotopic (exact) mass is 788 g/mol. The number of amides is 2. The lowest BCUT2D eigenvalue weighted by Gasteiger charge is -2.35. The van der Waals surface area contributed by atoms with Crippen LogP contribution in [0.5, 0.6) is 0 Å². The number of carbonyl (C=O) groups is 2. The fourth-order valence-electron chi connectivity index (χ4n) is 6.50. The number of rotatable bonds is 8. The second-order valence-electron chi connectivity index (χ2n) is 13.2. The maximum atomic E-state index is 13.7. The van der Waals surface area contributed by atoms with Gasteiger partial charge in [-0.15, -0.1) is 0 Å². The average Bonchev–Trinajstić information content (AvgIpc) is 3.37. The van der Waals surface area contributed by atoms with Crippen molar-refractivity contribution in [3.8, 4) is 0 Å². The van der Waals surface area contributed by atoms with E-state index in [9.17, 15) is 49.1 Å². The van der Waals surface area contributed by atoms with Crippen molar-refractivity contribution in [1.29, 1.82) is 0 Å². The number of alkyl halides is 9. The average molecular weight is 790 g/mol. The van der Waals surface area contributed by atoms with E-state index in [-0.39, 0.29) is 96.5 Å². The Morgan fingerprint density at radius 2 is 1.50 bits per heavy atom. The van der Waals surface area contributed by atoms with Gasteiger partial charge < -0.3 is 25.4 Å². The molecule has 286 valence electrons. The van der Waals surface area contributed by atoms with E-state index in [1.54, 1.807) is 22.6 Å². The molecule has 0 spiro atoms. The molecule has 1 unspecified atom stereocenters. The Hall–Kier alpha value is -3.60. The summed E-state index contributed by atoms with van der Waals surface area (Å²) in [6.07, 6.45) is -13.9. The van der Waals surface area contributed by atoms with Crippen LogP contribution in [-0.4, -0.2) is 59.0 Å². The molecule has 2 aromatic carbocycles. The molecule has 3 N–H and O–H groups in total. The topological polar surface area (TPSA) is 91.3 Å². The maximum Gasteiger partial charge on any atom is 0.400 e. The number of aryl methyl sites for hydroxylation is 1. The van der Waals surface area contributed by atoms with Crippen molar-refractivity contribution in [3.05, 3.63) is 45.4 Å². The first-order valence-electron chi connectivity index (χ1n) is 16.4. The van der Waals surface area contributed by atoms with E-state index in [0.717, 1.165) is 6.92 Å². The highest BCUT2D eigenvalue weighted by molar-refractivity contribution is 6.39. The zero-order valence-electron chi connectivity index (χ0n) is 27.8. The smallest absolute Gasteiger partial charge is 0.371 e. The molecule has 1 atom stereocenters. The third-order valence-corrected chi connectivity index (χ3v) is 10.6. The Morgan fingerprint density at radius 3 is 2.08 bits per heavy atom. The molecule has 2 fully saturated rings. The van der Waals surface area contributed by atoms with Crippen LogP contribution >= 0.6 is 23.2 Å². The summed E-state index contributed by atoms with van der Waals surface area (Å²) in [6.45, 7) is 0.361. The molecule has 1 saturated carbocycles. The second-order valence-corrected chi connectivity index (χ2v) is 14.0. The number of nitrogens with zero attached hydrogens (tertiary/aromatic N) is 3. The quantitative estimate of drug-likeness (QED) is 0.198. The predicted octanol–water partition coefficient (Wildman–Crippen LogP) is 9.07. The molecule has 0 bridgehead atoms. The van der Waals surface area contributed by atoms with Crippen molar-refractivity contribution in [2.45, 2.75) is 76.6 Å². The number of fused-ring (bicyclic) bond motifs is 1. The zero-order chi connectivity index (χ0) is 38.3. The highest BCUT2D eigenvalue weighted by atomic mass is 35.5. The van der Waals surface area contributed by atoms with Gasteiger partial charge in [0.25, 0.3) is 5.91 Å². The molecule has 5 rings (SSSR count). The van der Waals surface area contributed by atoms with Crippen molar-refractivity contribution >= 4 is 63.4 Å². The van der Waals surface area contributed by atoms with E-state index in [0.29, 0.717) is 11.2 Å². The number of carbonyl (C=O) groups excluding carboxylic acids is 2. The number of benzene rings is 2. The molecular formula is C33H35Cl2F9N6O2. The number of aromatic nitrogens is 2. The van der Waals surface area contributed by atoms with Crippen molar-refractivity contribution in [3.63, 3.8) is 0 Å². The third kappa shape index (κ3) is 8.77. The van der Waals surface area contributed by atoms with Gasteiger partial charge in [0.15, 0.2) is 0 Å². The van der Waals surface area contributed by atoms with Crippen LogP contribution in [0.4, 0.5) is 56.8 Å².